The second-order valence-corrected chi connectivity index (χ2v) is 2.69. The predicted octanol–water partition coefficient (Wildman–Crippen LogP) is 1.69. The summed E-state index contributed by atoms with van der Waals surface area (Å²) < 4.78 is 35.4. The van der Waals surface area contributed by atoms with Gasteiger partial charge in [-0.3, -0.25) is 10.2 Å². The number of hydrogen-bond acceptors (Lipinski definition) is 2. The molecule has 0 atom stereocenters. The minimum absolute atomic E-state index is 0.218. The van der Waals surface area contributed by atoms with E-state index < -0.39 is 17.9 Å². The van der Waals surface area contributed by atoms with Gasteiger partial charge in [-0.05, 0) is 0 Å². The molecule has 6 heteroatoms. The van der Waals surface area contributed by atoms with E-state index >= 15 is 0 Å². The molecule has 1 aromatic carbocycles. The fourth-order valence-corrected chi connectivity index (χ4v) is 0.861. The molecule has 0 unspecified atom stereocenters. The van der Waals surface area contributed by atoms with E-state index in [0.717, 1.165) is 0 Å². The minimum atomic E-state index is -4.97. The lowest BCUT2D eigenvalue weighted by Crippen LogP contribution is -2.40. The van der Waals surface area contributed by atoms with E-state index in [1.807, 2.05) is 0 Å². The highest BCUT2D eigenvalue weighted by molar-refractivity contribution is 6.07. The van der Waals surface area contributed by atoms with Crippen LogP contribution in [0.25, 0.3) is 0 Å². The molecule has 1 rings (SSSR count). The first-order valence-electron chi connectivity index (χ1n) is 3.93. The number of amides is 1. The van der Waals surface area contributed by atoms with Gasteiger partial charge in [-0.15, -0.1) is 0 Å². The van der Waals surface area contributed by atoms with Crippen molar-refractivity contribution in [2.75, 3.05) is 0 Å². The summed E-state index contributed by atoms with van der Waals surface area (Å²) in [6.07, 6.45) is -4.97. The number of nitrogens with one attached hydrogen (secondary N) is 2. The van der Waals surface area contributed by atoms with Crippen molar-refractivity contribution in [2.45, 2.75) is 6.18 Å². The molecular formula is C9H7F3N2O. The number of carbonyl (C=O) groups is 1. The molecule has 2 N–H and O–H groups in total. The molecule has 1 aromatic rings. The highest BCUT2D eigenvalue weighted by Crippen LogP contribution is 2.14. The summed E-state index contributed by atoms with van der Waals surface area (Å²) in [6.45, 7) is 0. The molecule has 0 heterocycles. The molecule has 0 bridgehead atoms. The van der Waals surface area contributed by atoms with Crippen LogP contribution in [0.2, 0.25) is 0 Å². The van der Waals surface area contributed by atoms with Crippen molar-refractivity contribution in [3.63, 3.8) is 0 Å². The van der Waals surface area contributed by atoms with Crippen LogP contribution in [0.1, 0.15) is 5.56 Å². The van der Waals surface area contributed by atoms with E-state index in [1.54, 1.807) is 18.2 Å². The Hall–Kier alpha value is -1.85. The Morgan fingerprint density at radius 1 is 1.20 bits per heavy atom. The van der Waals surface area contributed by atoms with Crippen molar-refractivity contribution in [3.8, 4) is 0 Å². The van der Waals surface area contributed by atoms with E-state index in [9.17, 15) is 18.0 Å². The maximum absolute atomic E-state index is 11.8. The van der Waals surface area contributed by atoms with Crippen molar-refractivity contribution in [3.05, 3.63) is 35.9 Å². The summed E-state index contributed by atoms with van der Waals surface area (Å²) in [4.78, 5) is 10.5. The Labute approximate surface area is 83.4 Å². The van der Waals surface area contributed by atoms with E-state index in [1.165, 1.54) is 17.4 Å². The number of rotatable bonds is 1. The van der Waals surface area contributed by atoms with Gasteiger partial charge in [0.15, 0.2) is 0 Å². The zero-order chi connectivity index (χ0) is 11.5. The van der Waals surface area contributed by atoms with Crippen LogP contribution in [-0.4, -0.2) is 17.9 Å². The van der Waals surface area contributed by atoms with Crippen molar-refractivity contribution in [2.24, 2.45) is 0 Å². The monoisotopic (exact) mass is 216 g/mol. The van der Waals surface area contributed by atoms with Gasteiger partial charge in [-0.1, -0.05) is 30.3 Å². The van der Waals surface area contributed by atoms with Gasteiger partial charge >= 0.3 is 12.1 Å². The van der Waals surface area contributed by atoms with Gasteiger partial charge in [0, 0.05) is 5.56 Å². The van der Waals surface area contributed by atoms with E-state index in [0.29, 0.717) is 0 Å². The molecular weight excluding hydrogens is 209 g/mol. The van der Waals surface area contributed by atoms with Gasteiger partial charge in [-0.2, -0.15) is 13.2 Å². The molecule has 0 aliphatic rings. The number of carbonyl (C=O) groups excluding carboxylic acids is 1. The van der Waals surface area contributed by atoms with E-state index in [-0.39, 0.29) is 5.56 Å². The highest BCUT2D eigenvalue weighted by Gasteiger charge is 2.39. The summed E-state index contributed by atoms with van der Waals surface area (Å²) in [5, 5.41) is 8.66. The second-order valence-electron chi connectivity index (χ2n) is 2.69. The summed E-state index contributed by atoms with van der Waals surface area (Å²) in [6, 6.07) is 7.63. The normalized spacial score (nSPS) is 10.9. The molecule has 0 radical (unpaired) electrons. The zero-order valence-electron chi connectivity index (χ0n) is 7.43. The maximum Gasteiger partial charge on any atom is 0.471 e. The van der Waals surface area contributed by atoms with Gasteiger partial charge in [0.25, 0.3) is 0 Å². The summed E-state index contributed by atoms with van der Waals surface area (Å²) in [5.41, 5.74) is 0.218. The van der Waals surface area contributed by atoms with Crippen molar-refractivity contribution < 1.29 is 18.0 Å². The van der Waals surface area contributed by atoms with Crippen LogP contribution in [-0.2, 0) is 4.79 Å². The lowest BCUT2D eigenvalue weighted by molar-refractivity contribution is -0.171. The van der Waals surface area contributed by atoms with Gasteiger partial charge in [0.2, 0.25) is 0 Å². The lowest BCUT2D eigenvalue weighted by Gasteiger charge is -2.08. The highest BCUT2D eigenvalue weighted by atomic mass is 19.4. The largest absolute Gasteiger partial charge is 0.471 e. The molecule has 0 aromatic heterocycles. The number of alkyl halides is 3. The van der Waals surface area contributed by atoms with Gasteiger partial charge in [0.1, 0.15) is 5.84 Å². The minimum Gasteiger partial charge on any atom is -0.303 e. The van der Waals surface area contributed by atoms with E-state index in [4.69, 9.17) is 5.41 Å². The molecule has 0 aliphatic heterocycles. The predicted molar refractivity (Wildman–Crippen MR) is 47.5 cm³/mol. The Morgan fingerprint density at radius 2 is 1.73 bits per heavy atom. The molecule has 0 saturated carbocycles. The standard InChI is InChI=1S/C9H7F3N2O/c10-9(11,12)8(15)14-7(13)6-4-2-1-3-5-6/h1-5H,(H2,13,14,15). The first-order valence-corrected chi connectivity index (χ1v) is 3.93. The van der Waals surface area contributed by atoms with Gasteiger partial charge in [-0.25, -0.2) is 0 Å². The molecule has 0 fully saturated rings. The average molecular weight is 216 g/mol. The van der Waals surface area contributed by atoms with Crippen LogP contribution >= 0.6 is 0 Å². The molecule has 3 nitrogen and oxygen atoms in total. The quantitative estimate of drug-likeness (QED) is 0.544. The fourth-order valence-electron chi connectivity index (χ4n) is 0.861. The van der Waals surface area contributed by atoms with Crippen LogP contribution in [0.4, 0.5) is 13.2 Å². The Bertz CT molecular complexity index is 373. The Kier molecular flexibility index (Phi) is 3.08. The smallest absolute Gasteiger partial charge is 0.303 e. The van der Waals surface area contributed by atoms with Crippen LogP contribution in [0, 0.1) is 5.41 Å². The first-order chi connectivity index (χ1) is 6.91. The van der Waals surface area contributed by atoms with Crippen molar-refractivity contribution in [1.82, 2.24) is 5.32 Å². The molecule has 1 amide bonds. The number of halogens is 3. The first kappa shape index (κ1) is 11.2. The fraction of sp³-hybridized carbons (Fsp3) is 0.111. The molecule has 80 valence electrons. The van der Waals surface area contributed by atoms with Crippen LogP contribution in [0.5, 0.6) is 0 Å². The Morgan fingerprint density at radius 3 is 2.20 bits per heavy atom. The zero-order valence-corrected chi connectivity index (χ0v) is 7.43. The molecule has 0 saturated heterocycles. The number of amidine groups is 1. The molecule has 0 aliphatic carbocycles. The van der Waals surface area contributed by atoms with Crippen LogP contribution in [0.15, 0.2) is 30.3 Å². The van der Waals surface area contributed by atoms with Crippen molar-refractivity contribution in [1.29, 1.82) is 5.41 Å². The van der Waals surface area contributed by atoms with E-state index in [2.05, 4.69) is 0 Å². The van der Waals surface area contributed by atoms with Gasteiger partial charge in [0.05, 0.1) is 0 Å². The SMILES string of the molecule is N=C(NC(=O)C(F)(F)F)c1ccccc1. The third kappa shape index (κ3) is 3.08. The second kappa shape index (κ2) is 4.12. The number of hydrogen-bond donors (Lipinski definition) is 2. The number of benzene rings is 1. The summed E-state index contributed by atoms with van der Waals surface area (Å²) in [5.74, 6) is -2.71. The third-order valence-corrected chi connectivity index (χ3v) is 1.56. The molecule has 15 heavy (non-hydrogen) atoms. The van der Waals surface area contributed by atoms with Crippen LogP contribution < -0.4 is 5.32 Å². The van der Waals surface area contributed by atoms with Crippen molar-refractivity contribution >= 4 is 11.7 Å². The average Bonchev–Trinajstić information content (AvgIpc) is 2.17. The van der Waals surface area contributed by atoms with Crippen LogP contribution in [0.3, 0.4) is 0 Å². The van der Waals surface area contributed by atoms with Gasteiger partial charge < -0.3 is 5.32 Å². The molecule has 0 spiro atoms. The summed E-state index contributed by atoms with van der Waals surface area (Å²) >= 11 is 0. The summed E-state index contributed by atoms with van der Waals surface area (Å²) in [7, 11) is 0. The lowest BCUT2D eigenvalue weighted by atomic mass is 10.2. The third-order valence-electron chi connectivity index (χ3n) is 1.56. The Balaban J connectivity index is 2.70. The maximum atomic E-state index is 11.8. The topological polar surface area (TPSA) is 53.0 Å².